The third kappa shape index (κ3) is 21.5. The summed E-state index contributed by atoms with van der Waals surface area (Å²) in [7, 11) is 2.77. The summed E-state index contributed by atoms with van der Waals surface area (Å²) in [4.78, 5) is 0. The van der Waals surface area contributed by atoms with Gasteiger partial charge in [-0.3, -0.25) is 6.08 Å². The SMILES string of the molecule is CO[Si](CCCCCCCCCCCCCCCCCCC1=[C-]CC=C1)(OC)OC.[CH3-].[CH3-].[CH3-].[Pt+4]. The van der Waals surface area contributed by atoms with Gasteiger partial charge in [0.25, 0.3) is 0 Å². The normalized spacial score (nSPS) is 12.3. The Morgan fingerprint density at radius 1 is 0.618 bits per heavy atom. The summed E-state index contributed by atoms with van der Waals surface area (Å²) in [5.41, 5.74) is 1.44. The van der Waals surface area contributed by atoms with Crippen LogP contribution in [0.3, 0.4) is 0 Å². The Bertz CT molecular complexity index is 442. The van der Waals surface area contributed by atoms with Crippen LogP contribution in [-0.4, -0.2) is 30.1 Å². The van der Waals surface area contributed by atoms with Gasteiger partial charge in [-0.1, -0.05) is 103 Å². The molecule has 34 heavy (non-hydrogen) atoms. The van der Waals surface area contributed by atoms with Crippen LogP contribution in [0.1, 0.15) is 116 Å². The van der Waals surface area contributed by atoms with Gasteiger partial charge in [0.05, 0.1) is 0 Å². The van der Waals surface area contributed by atoms with Gasteiger partial charge in [-0.2, -0.15) is 6.08 Å². The van der Waals surface area contributed by atoms with E-state index in [1.165, 1.54) is 108 Å². The Kier molecular flexibility index (Phi) is 35.9. The van der Waals surface area contributed by atoms with Gasteiger partial charge in [-0.25, -0.2) is 11.6 Å². The second kappa shape index (κ2) is 29.5. The Balaban J connectivity index is -0.00000112. The molecule has 0 saturated heterocycles. The van der Waals surface area contributed by atoms with Crippen molar-refractivity contribution in [1.82, 2.24) is 0 Å². The molecule has 0 unspecified atom stereocenters. The monoisotopic (exact) mass is 677 g/mol. The minimum atomic E-state index is -2.34. The number of allylic oxidation sites excluding steroid dienone is 4. The van der Waals surface area contributed by atoms with Gasteiger partial charge in [0.15, 0.2) is 0 Å². The molecule has 0 aromatic carbocycles. The number of hydrogen-bond acceptors (Lipinski definition) is 3. The average molecular weight is 678 g/mol. The van der Waals surface area contributed by atoms with Crippen LogP contribution >= 0.6 is 0 Å². The van der Waals surface area contributed by atoms with E-state index in [4.69, 9.17) is 13.3 Å². The van der Waals surface area contributed by atoms with Crippen LogP contribution in [0.15, 0.2) is 17.7 Å². The van der Waals surface area contributed by atoms with Crippen molar-refractivity contribution < 1.29 is 34.3 Å². The van der Waals surface area contributed by atoms with Gasteiger partial charge in [-0.05, 0) is 6.42 Å². The summed E-state index contributed by atoms with van der Waals surface area (Å²) in [6.07, 6.45) is 32.3. The molecular formula is C29H58O3PtSi. The maximum atomic E-state index is 5.47. The maximum absolute atomic E-state index is 5.47. The van der Waals surface area contributed by atoms with Crippen LogP contribution in [0, 0.1) is 28.4 Å². The molecule has 0 atom stereocenters. The summed E-state index contributed by atoms with van der Waals surface area (Å²) in [5.74, 6) is 0. The van der Waals surface area contributed by atoms with Crippen LogP contribution in [0.2, 0.25) is 6.04 Å². The first kappa shape index (κ1) is 41.4. The topological polar surface area (TPSA) is 27.7 Å². The van der Waals surface area contributed by atoms with E-state index in [1.54, 1.807) is 21.3 Å². The van der Waals surface area contributed by atoms with Crippen molar-refractivity contribution in [2.45, 2.75) is 122 Å². The van der Waals surface area contributed by atoms with Crippen LogP contribution in [0.4, 0.5) is 0 Å². The van der Waals surface area contributed by atoms with E-state index in [0.717, 1.165) is 18.9 Å². The van der Waals surface area contributed by atoms with Crippen molar-refractivity contribution in [3.63, 3.8) is 0 Å². The van der Waals surface area contributed by atoms with E-state index in [1.807, 2.05) is 0 Å². The summed E-state index contributed by atoms with van der Waals surface area (Å²) in [5, 5.41) is 0. The number of hydrogen-bond donors (Lipinski definition) is 0. The fraction of sp³-hybridized carbons (Fsp3) is 0.759. The average Bonchev–Trinajstić information content (AvgIpc) is 3.29. The molecule has 0 aliphatic heterocycles. The van der Waals surface area contributed by atoms with Gasteiger partial charge in [0, 0.05) is 27.4 Å². The molecule has 0 saturated carbocycles. The minimum Gasteiger partial charge on any atom is -0.377 e. The quantitative estimate of drug-likeness (QED) is 0.0649. The second-order valence-corrected chi connectivity index (χ2v) is 11.9. The molecule has 1 rings (SSSR count). The van der Waals surface area contributed by atoms with Crippen molar-refractivity contribution in [2.75, 3.05) is 21.3 Å². The van der Waals surface area contributed by atoms with Gasteiger partial charge in [-0.15, -0.1) is 6.42 Å². The maximum Gasteiger partial charge on any atom is 4.00 e. The second-order valence-electron chi connectivity index (χ2n) is 8.76. The van der Waals surface area contributed by atoms with Crippen molar-refractivity contribution in [2.24, 2.45) is 0 Å². The summed E-state index contributed by atoms with van der Waals surface area (Å²) in [6.45, 7) is 0. The molecule has 0 heterocycles. The van der Waals surface area contributed by atoms with E-state index in [-0.39, 0.29) is 43.3 Å². The fourth-order valence-electron chi connectivity index (χ4n) is 4.31. The fourth-order valence-corrected chi connectivity index (χ4v) is 6.11. The molecule has 0 aromatic heterocycles. The molecule has 3 nitrogen and oxygen atoms in total. The van der Waals surface area contributed by atoms with Gasteiger partial charge in [0.1, 0.15) is 0 Å². The zero-order chi connectivity index (χ0) is 21.8. The zero-order valence-electron chi connectivity index (χ0n) is 23.6. The Morgan fingerprint density at radius 3 is 1.29 bits per heavy atom. The van der Waals surface area contributed by atoms with E-state index in [9.17, 15) is 0 Å². The first-order chi connectivity index (χ1) is 14.8. The zero-order valence-corrected chi connectivity index (χ0v) is 26.9. The van der Waals surface area contributed by atoms with E-state index in [0.29, 0.717) is 0 Å². The van der Waals surface area contributed by atoms with Crippen LogP contribution < -0.4 is 0 Å². The first-order valence-electron chi connectivity index (χ1n) is 12.7. The third-order valence-corrected chi connectivity index (χ3v) is 9.21. The number of rotatable bonds is 22. The largest absolute Gasteiger partial charge is 4.00 e. The predicted octanol–water partition coefficient (Wildman–Crippen LogP) is 9.53. The smallest absolute Gasteiger partial charge is 0.377 e. The molecule has 1 aliphatic carbocycles. The summed E-state index contributed by atoms with van der Waals surface area (Å²) in [6, 6.07) is 0.936. The predicted molar refractivity (Wildman–Crippen MR) is 150 cm³/mol. The van der Waals surface area contributed by atoms with E-state index >= 15 is 0 Å². The molecule has 0 amide bonds. The van der Waals surface area contributed by atoms with Gasteiger partial charge >= 0.3 is 29.9 Å². The van der Waals surface area contributed by atoms with E-state index in [2.05, 4.69) is 18.2 Å². The molecule has 0 N–H and O–H groups in total. The molecule has 206 valence electrons. The standard InChI is InChI=1S/C26H49O3Si.3CH3.Pt/c1-27-30(28-2,29-3)25-21-17-15-13-11-9-7-5-4-6-8-10-12-14-16-18-22-26-23-19-20-24-26;;;;/h19,23H,4-18,20-22,25H2,1-3H3;3*1H3;/q4*-1;+4. The van der Waals surface area contributed by atoms with Crippen molar-refractivity contribution in [1.29, 1.82) is 0 Å². The molecule has 0 radical (unpaired) electrons. The molecule has 0 spiro atoms. The van der Waals surface area contributed by atoms with Crippen molar-refractivity contribution in [3.8, 4) is 0 Å². The summed E-state index contributed by atoms with van der Waals surface area (Å²) < 4.78 is 16.4. The van der Waals surface area contributed by atoms with Crippen molar-refractivity contribution in [3.05, 3.63) is 46.1 Å². The molecular weight excluding hydrogens is 619 g/mol. The van der Waals surface area contributed by atoms with Crippen LogP contribution in [0.5, 0.6) is 0 Å². The molecule has 1 aliphatic rings. The minimum absolute atomic E-state index is 0. The van der Waals surface area contributed by atoms with E-state index < -0.39 is 8.80 Å². The molecule has 0 aromatic rings. The van der Waals surface area contributed by atoms with Gasteiger partial charge < -0.3 is 35.6 Å². The van der Waals surface area contributed by atoms with Crippen molar-refractivity contribution >= 4 is 8.80 Å². The Labute approximate surface area is 231 Å². The van der Waals surface area contributed by atoms with Crippen LogP contribution in [-0.2, 0) is 34.3 Å². The summed E-state index contributed by atoms with van der Waals surface area (Å²) >= 11 is 0. The molecule has 5 heteroatoms. The first-order valence-corrected chi connectivity index (χ1v) is 14.6. The Morgan fingerprint density at radius 2 is 0.971 bits per heavy atom. The van der Waals surface area contributed by atoms with Gasteiger partial charge in [0.2, 0.25) is 0 Å². The van der Waals surface area contributed by atoms with Crippen LogP contribution in [0.25, 0.3) is 0 Å². The molecule has 0 bridgehead atoms. The third-order valence-electron chi connectivity index (χ3n) is 6.38. The molecule has 0 fully saturated rings. The Hall–Kier alpha value is 0.265. The number of unbranched alkanes of at least 4 members (excludes halogenated alkanes) is 15.